The van der Waals surface area contributed by atoms with E-state index in [0.29, 0.717) is 5.69 Å². The summed E-state index contributed by atoms with van der Waals surface area (Å²) in [6.45, 7) is 7.97. The molecule has 0 spiro atoms. The highest BCUT2D eigenvalue weighted by Gasteiger charge is 2.15. The Morgan fingerprint density at radius 1 is 0.944 bits per heavy atom. The van der Waals surface area contributed by atoms with Crippen LogP contribution in [0.4, 0.5) is 0 Å². The van der Waals surface area contributed by atoms with E-state index in [4.69, 9.17) is 0 Å². The van der Waals surface area contributed by atoms with Crippen molar-refractivity contribution in [2.45, 2.75) is 27.7 Å². The summed E-state index contributed by atoms with van der Waals surface area (Å²) < 4.78 is 0. The first-order chi connectivity index (χ1) is 8.50. The lowest BCUT2D eigenvalue weighted by Gasteiger charge is -2.09. The van der Waals surface area contributed by atoms with Crippen LogP contribution < -0.4 is 0 Å². The molecule has 0 unspecified atom stereocenters. The molecular formula is C16H17NO. The Hall–Kier alpha value is -1.96. The summed E-state index contributed by atoms with van der Waals surface area (Å²) >= 11 is 0. The third kappa shape index (κ3) is 2.19. The highest BCUT2D eigenvalue weighted by atomic mass is 16.1. The van der Waals surface area contributed by atoms with Crippen LogP contribution in [-0.2, 0) is 0 Å². The Balaban J connectivity index is 2.53. The first-order valence-electron chi connectivity index (χ1n) is 6.05. The van der Waals surface area contributed by atoms with Crippen LogP contribution in [0.3, 0.4) is 0 Å². The van der Waals surface area contributed by atoms with Crippen molar-refractivity contribution in [3.8, 4) is 0 Å². The van der Waals surface area contributed by atoms with E-state index in [0.717, 1.165) is 22.3 Å². The molecule has 1 aromatic heterocycles. The van der Waals surface area contributed by atoms with Crippen LogP contribution in [0.1, 0.15) is 38.3 Å². The summed E-state index contributed by atoms with van der Waals surface area (Å²) in [4.78, 5) is 16.7. The third-order valence-electron chi connectivity index (χ3n) is 3.31. The number of benzene rings is 1. The van der Waals surface area contributed by atoms with E-state index in [2.05, 4.69) is 18.0 Å². The van der Waals surface area contributed by atoms with Gasteiger partial charge < -0.3 is 0 Å². The van der Waals surface area contributed by atoms with E-state index < -0.39 is 0 Å². The number of hydrogen-bond acceptors (Lipinski definition) is 2. The number of hydrogen-bond donors (Lipinski definition) is 0. The van der Waals surface area contributed by atoms with E-state index >= 15 is 0 Å². The highest BCUT2D eigenvalue weighted by molar-refractivity contribution is 6.09. The number of carbonyl (C=O) groups excluding carboxylic acids is 1. The number of nitrogens with zero attached hydrogens (tertiary/aromatic N) is 1. The molecule has 0 radical (unpaired) electrons. The first-order valence-corrected chi connectivity index (χ1v) is 6.05. The summed E-state index contributed by atoms with van der Waals surface area (Å²) in [7, 11) is 0. The molecule has 0 N–H and O–H groups in total. The maximum absolute atomic E-state index is 12.5. The van der Waals surface area contributed by atoms with Crippen molar-refractivity contribution in [2.24, 2.45) is 0 Å². The molecule has 0 aliphatic rings. The molecule has 2 heteroatoms. The quantitative estimate of drug-likeness (QED) is 0.750. The zero-order chi connectivity index (χ0) is 13.3. The predicted octanol–water partition coefficient (Wildman–Crippen LogP) is 3.55. The molecule has 1 aromatic carbocycles. The summed E-state index contributed by atoms with van der Waals surface area (Å²) in [6, 6.07) is 7.78. The summed E-state index contributed by atoms with van der Waals surface area (Å²) in [5.74, 6) is 0.00806. The van der Waals surface area contributed by atoms with Crippen molar-refractivity contribution >= 4 is 5.78 Å². The van der Waals surface area contributed by atoms with E-state index in [1.807, 2.05) is 39.0 Å². The van der Waals surface area contributed by atoms with Gasteiger partial charge in [-0.25, -0.2) is 0 Å². The fourth-order valence-corrected chi connectivity index (χ4v) is 2.06. The molecule has 0 fully saturated rings. The molecule has 2 nitrogen and oxygen atoms in total. The first kappa shape index (κ1) is 12.5. The van der Waals surface area contributed by atoms with Crippen LogP contribution in [-0.4, -0.2) is 10.8 Å². The molecule has 2 aromatic rings. The van der Waals surface area contributed by atoms with Gasteiger partial charge in [0.1, 0.15) is 5.69 Å². The second-order valence-electron chi connectivity index (χ2n) is 4.75. The Labute approximate surface area is 108 Å². The normalized spacial score (nSPS) is 10.4. The van der Waals surface area contributed by atoms with Gasteiger partial charge in [0.15, 0.2) is 0 Å². The minimum absolute atomic E-state index is 0.00806. The van der Waals surface area contributed by atoms with Gasteiger partial charge in [-0.1, -0.05) is 12.1 Å². The van der Waals surface area contributed by atoms with Gasteiger partial charge in [0.05, 0.1) is 0 Å². The van der Waals surface area contributed by atoms with Gasteiger partial charge in [0, 0.05) is 11.8 Å². The molecule has 0 aliphatic carbocycles. The van der Waals surface area contributed by atoms with Crippen molar-refractivity contribution in [1.82, 2.24) is 4.98 Å². The molecular weight excluding hydrogens is 222 g/mol. The Morgan fingerprint density at radius 2 is 1.61 bits per heavy atom. The van der Waals surface area contributed by atoms with Crippen molar-refractivity contribution in [3.63, 3.8) is 0 Å². The lowest BCUT2D eigenvalue weighted by Crippen LogP contribution is -2.08. The fraction of sp³-hybridized carbons (Fsp3) is 0.250. The average Bonchev–Trinajstić information content (AvgIpc) is 2.33. The van der Waals surface area contributed by atoms with Gasteiger partial charge in [-0.05, 0) is 62.1 Å². The van der Waals surface area contributed by atoms with Crippen LogP contribution in [0, 0.1) is 27.7 Å². The molecule has 92 valence electrons. The Kier molecular flexibility index (Phi) is 3.28. The van der Waals surface area contributed by atoms with Gasteiger partial charge in [-0.15, -0.1) is 0 Å². The molecule has 0 saturated heterocycles. The van der Waals surface area contributed by atoms with Gasteiger partial charge in [0.2, 0.25) is 5.78 Å². The molecule has 0 atom stereocenters. The van der Waals surface area contributed by atoms with Gasteiger partial charge in [0.25, 0.3) is 0 Å². The zero-order valence-corrected chi connectivity index (χ0v) is 11.2. The third-order valence-corrected chi connectivity index (χ3v) is 3.31. The van der Waals surface area contributed by atoms with Crippen LogP contribution in [0.15, 0.2) is 30.5 Å². The number of aromatic nitrogens is 1. The summed E-state index contributed by atoms with van der Waals surface area (Å²) in [5.41, 5.74) is 5.57. The van der Waals surface area contributed by atoms with Crippen LogP contribution in [0.5, 0.6) is 0 Å². The standard InChI is InChI=1S/C16H17NO/c1-10-6-5-7-17-15(10)16(18)14-9-12(3)11(2)8-13(14)4/h5-9H,1-4H3. The van der Waals surface area contributed by atoms with Crippen molar-refractivity contribution < 1.29 is 4.79 Å². The summed E-state index contributed by atoms with van der Waals surface area (Å²) in [5, 5.41) is 0. The molecule has 0 aliphatic heterocycles. The minimum atomic E-state index is 0.00806. The van der Waals surface area contributed by atoms with Crippen molar-refractivity contribution in [2.75, 3.05) is 0 Å². The van der Waals surface area contributed by atoms with Gasteiger partial charge >= 0.3 is 0 Å². The largest absolute Gasteiger partial charge is 0.287 e. The van der Waals surface area contributed by atoms with E-state index in [1.54, 1.807) is 6.20 Å². The molecule has 2 rings (SSSR count). The lowest BCUT2D eigenvalue weighted by molar-refractivity contribution is 0.103. The second kappa shape index (κ2) is 4.73. The zero-order valence-electron chi connectivity index (χ0n) is 11.2. The number of carbonyl (C=O) groups is 1. The van der Waals surface area contributed by atoms with Crippen molar-refractivity contribution in [3.05, 3.63) is 64.0 Å². The fourth-order valence-electron chi connectivity index (χ4n) is 2.06. The number of aryl methyl sites for hydroxylation is 4. The Bertz CT molecular complexity index is 614. The van der Waals surface area contributed by atoms with Crippen LogP contribution in [0.25, 0.3) is 0 Å². The number of ketones is 1. The maximum atomic E-state index is 12.5. The van der Waals surface area contributed by atoms with E-state index in [9.17, 15) is 4.79 Å². The molecule has 0 bridgehead atoms. The van der Waals surface area contributed by atoms with E-state index in [-0.39, 0.29) is 5.78 Å². The van der Waals surface area contributed by atoms with Crippen LogP contribution >= 0.6 is 0 Å². The average molecular weight is 239 g/mol. The van der Waals surface area contributed by atoms with Gasteiger partial charge in [-0.3, -0.25) is 9.78 Å². The summed E-state index contributed by atoms with van der Waals surface area (Å²) in [6.07, 6.45) is 1.66. The highest BCUT2D eigenvalue weighted by Crippen LogP contribution is 2.19. The molecule has 1 heterocycles. The number of pyridine rings is 1. The van der Waals surface area contributed by atoms with Crippen LogP contribution in [0.2, 0.25) is 0 Å². The second-order valence-corrected chi connectivity index (χ2v) is 4.75. The molecule has 0 amide bonds. The van der Waals surface area contributed by atoms with E-state index in [1.165, 1.54) is 5.56 Å². The monoisotopic (exact) mass is 239 g/mol. The Morgan fingerprint density at radius 3 is 2.28 bits per heavy atom. The molecule has 18 heavy (non-hydrogen) atoms. The smallest absolute Gasteiger partial charge is 0.211 e. The SMILES string of the molecule is Cc1cc(C)c(C(=O)c2ncccc2C)cc1C. The minimum Gasteiger partial charge on any atom is -0.287 e. The topological polar surface area (TPSA) is 30.0 Å². The van der Waals surface area contributed by atoms with Crippen molar-refractivity contribution in [1.29, 1.82) is 0 Å². The molecule has 0 saturated carbocycles. The maximum Gasteiger partial charge on any atom is 0.211 e. The number of rotatable bonds is 2. The van der Waals surface area contributed by atoms with Gasteiger partial charge in [-0.2, -0.15) is 0 Å². The lowest BCUT2D eigenvalue weighted by atomic mass is 9.95. The predicted molar refractivity (Wildman–Crippen MR) is 73.1 cm³/mol.